The highest BCUT2D eigenvalue weighted by Crippen LogP contribution is 2.29. The van der Waals surface area contributed by atoms with Crippen LogP contribution < -0.4 is 4.74 Å². The molecular weight excluding hydrogens is 288 g/mol. The first kappa shape index (κ1) is 15.5. The minimum Gasteiger partial charge on any atom is -0.478 e. The van der Waals surface area contributed by atoms with Gasteiger partial charge < -0.3 is 9.26 Å². The zero-order valence-electron chi connectivity index (χ0n) is 13.9. The Bertz CT molecular complexity index is 724. The monoisotopic (exact) mass is 310 g/mol. The van der Waals surface area contributed by atoms with E-state index in [1.165, 1.54) is 5.56 Å². The zero-order chi connectivity index (χ0) is 16.2. The molecule has 2 heterocycles. The largest absolute Gasteiger partial charge is 0.478 e. The molecule has 0 spiro atoms. The fourth-order valence-electron chi connectivity index (χ4n) is 2.96. The number of ether oxygens (including phenoxy) is 1. The Balaban J connectivity index is 1.96. The van der Waals surface area contributed by atoms with Crippen molar-refractivity contribution in [2.45, 2.75) is 33.6 Å². The van der Waals surface area contributed by atoms with Gasteiger partial charge in [-0.25, -0.2) is 4.98 Å². The van der Waals surface area contributed by atoms with Gasteiger partial charge in [-0.1, -0.05) is 29.5 Å². The maximum absolute atomic E-state index is 5.66. The van der Waals surface area contributed by atoms with Crippen LogP contribution in [0, 0.1) is 19.8 Å². The zero-order valence-corrected chi connectivity index (χ0v) is 13.9. The molecule has 2 aromatic rings. The topological polar surface area (TPSA) is 48.2 Å². The van der Waals surface area contributed by atoms with E-state index >= 15 is 0 Å². The number of hydrogen-bond donors (Lipinski definition) is 0. The third-order valence-electron chi connectivity index (χ3n) is 4.01. The standard InChI is InChI=1S/C19H22N2O2/c1-4-22-18-12-16(10-15-8-6-5-7-9-15)11-17(20-18)19-13(2)21-23-14(19)3/h5-8,11-12,15H,4,9-10H2,1-3H3. The van der Waals surface area contributed by atoms with Crippen molar-refractivity contribution in [3.63, 3.8) is 0 Å². The molecule has 1 aliphatic rings. The third-order valence-corrected chi connectivity index (χ3v) is 4.01. The summed E-state index contributed by atoms with van der Waals surface area (Å²) in [6.07, 6.45) is 10.7. The molecule has 23 heavy (non-hydrogen) atoms. The van der Waals surface area contributed by atoms with Crippen molar-refractivity contribution >= 4 is 0 Å². The SMILES string of the molecule is CCOc1cc(CC2C=CC=CC2)cc(-c2c(C)noc2C)n1. The molecule has 0 aromatic carbocycles. The molecule has 3 rings (SSSR count). The van der Waals surface area contributed by atoms with Crippen LogP contribution in [0.15, 0.2) is 41.0 Å². The summed E-state index contributed by atoms with van der Waals surface area (Å²) in [5.41, 5.74) is 3.92. The molecule has 0 amide bonds. The van der Waals surface area contributed by atoms with Crippen molar-refractivity contribution in [1.29, 1.82) is 0 Å². The summed E-state index contributed by atoms with van der Waals surface area (Å²) in [4.78, 5) is 4.63. The lowest BCUT2D eigenvalue weighted by Crippen LogP contribution is -2.04. The van der Waals surface area contributed by atoms with Gasteiger partial charge in [0.25, 0.3) is 0 Å². The molecule has 4 nitrogen and oxygen atoms in total. The van der Waals surface area contributed by atoms with Gasteiger partial charge in [-0.2, -0.15) is 0 Å². The first-order chi connectivity index (χ1) is 11.2. The Labute approximate surface area is 136 Å². The summed E-state index contributed by atoms with van der Waals surface area (Å²) >= 11 is 0. The summed E-state index contributed by atoms with van der Waals surface area (Å²) in [6.45, 7) is 6.43. The Hall–Kier alpha value is -2.36. The van der Waals surface area contributed by atoms with Gasteiger partial charge >= 0.3 is 0 Å². The number of aryl methyl sites for hydroxylation is 2. The molecule has 0 bridgehead atoms. The van der Waals surface area contributed by atoms with Crippen LogP contribution in [-0.4, -0.2) is 16.7 Å². The molecule has 1 unspecified atom stereocenters. The molecule has 0 N–H and O–H groups in total. The van der Waals surface area contributed by atoms with E-state index in [2.05, 4.69) is 40.5 Å². The first-order valence-corrected chi connectivity index (χ1v) is 8.07. The number of hydrogen-bond acceptors (Lipinski definition) is 4. The quantitative estimate of drug-likeness (QED) is 0.820. The van der Waals surface area contributed by atoms with Crippen molar-refractivity contribution < 1.29 is 9.26 Å². The van der Waals surface area contributed by atoms with Crippen molar-refractivity contribution in [3.8, 4) is 17.1 Å². The second-order valence-corrected chi connectivity index (χ2v) is 5.84. The number of aromatic nitrogens is 2. The molecule has 0 saturated heterocycles. The van der Waals surface area contributed by atoms with Crippen LogP contribution >= 0.6 is 0 Å². The van der Waals surface area contributed by atoms with Crippen molar-refractivity contribution in [1.82, 2.24) is 10.1 Å². The van der Waals surface area contributed by atoms with Crippen LogP contribution in [-0.2, 0) is 6.42 Å². The molecule has 0 aliphatic heterocycles. The normalized spacial score (nSPS) is 16.7. The van der Waals surface area contributed by atoms with Gasteiger partial charge in [0.1, 0.15) is 5.76 Å². The van der Waals surface area contributed by atoms with Crippen LogP contribution in [0.2, 0.25) is 0 Å². The fraction of sp³-hybridized carbons (Fsp3) is 0.368. The van der Waals surface area contributed by atoms with Gasteiger partial charge in [-0.05, 0) is 51.2 Å². The Kier molecular flexibility index (Phi) is 4.60. The van der Waals surface area contributed by atoms with Gasteiger partial charge in [0.2, 0.25) is 5.88 Å². The van der Waals surface area contributed by atoms with E-state index < -0.39 is 0 Å². The van der Waals surface area contributed by atoms with E-state index in [4.69, 9.17) is 9.26 Å². The molecule has 120 valence electrons. The van der Waals surface area contributed by atoms with Crippen LogP contribution in [0.4, 0.5) is 0 Å². The smallest absolute Gasteiger partial charge is 0.214 e. The average Bonchev–Trinajstić information content (AvgIpc) is 2.87. The van der Waals surface area contributed by atoms with E-state index in [1.54, 1.807) is 0 Å². The Morgan fingerprint density at radius 3 is 2.78 bits per heavy atom. The number of nitrogens with zero attached hydrogens (tertiary/aromatic N) is 2. The van der Waals surface area contributed by atoms with E-state index in [1.807, 2.05) is 26.8 Å². The molecule has 1 atom stereocenters. The molecular formula is C19H22N2O2. The Morgan fingerprint density at radius 2 is 2.13 bits per heavy atom. The minimum absolute atomic E-state index is 0.523. The van der Waals surface area contributed by atoms with Gasteiger partial charge in [0.05, 0.1) is 23.6 Å². The summed E-state index contributed by atoms with van der Waals surface area (Å²) in [6, 6.07) is 4.17. The molecule has 0 saturated carbocycles. The summed E-state index contributed by atoms with van der Waals surface area (Å²) in [7, 11) is 0. The van der Waals surface area contributed by atoms with Crippen LogP contribution in [0.1, 0.15) is 30.4 Å². The van der Waals surface area contributed by atoms with Crippen LogP contribution in [0.3, 0.4) is 0 Å². The fourth-order valence-corrected chi connectivity index (χ4v) is 2.96. The highest BCUT2D eigenvalue weighted by molar-refractivity contribution is 5.65. The lowest BCUT2D eigenvalue weighted by atomic mass is 9.93. The molecule has 2 aromatic heterocycles. The predicted octanol–water partition coefficient (Wildman–Crippen LogP) is 4.43. The third kappa shape index (κ3) is 3.52. The highest BCUT2D eigenvalue weighted by atomic mass is 16.5. The summed E-state index contributed by atoms with van der Waals surface area (Å²) in [5.74, 6) is 1.97. The van der Waals surface area contributed by atoms with Gasteiger partial charge in [0.15, 0.2) is 0 Å². The van der Waals surface area contributed by atoms with E-state index in [0.717, 1.165) is 35.6 Å². The van der Waals surface area contributed by atoms with Crippen molar-refractivity contribution in [2.24, 2.45) is 5.92 Å². The highest BCUT2D eigenvalue weighted by Gasteiger charge is 2.16. The second-order valence-electron chi connectivity index (χ2n) is 5.84. The number of allylic oxidation sites excluding steroid dienone is 4. The lowest BCUT2D eigenvalue weighted by Gasteiger charge is -2.15. The number of rotatable bonds is 5. The minimum atomic E-state index is 0.523. The molecule has 0 radical (unpaired) electrons. The van der Waals surface area contributed by atoms with E-state index in [9.17, 15) is 0 Å². The van der Waals surface area contributed by atoms with Crippen LogP contribution in [0.25, 0.3) is 11.3 Å². The van der Waals surface area contributed by atoms with E-state index in [0.29, 0.717) is 18.4 Å². The first-order valence-electron chi connectivity index (χ1n) is 8.07. The second kappa shape index (κ2) is 6.82. The number of pyridine rings is 1. The van der Waals surface area contributed by atoms with E-state index in [-0.39, 0.29) is 0 Å². The van der Waals surface area contributed by atoms with Gasteiger partial charge in [-0.3, -0.25) is 0 Å². The van der Waals surface area contributed by atoms with Gasteiger partial charge in [0, 0.05) is 6.07 Å². The predicted molar refractivity (Wildman–Crippen MR) is 90.5 cm³/mol. The van der Waals surface area contributed by atoms with Gasteiger partial charge in [-0.15, -0.1) is 0 Å². The average molecular weight is 310 g/mol. The lowest BCUT2D eigenvalue weighted by molar-refractivity contribution is 0.326. The molecule has 4 heteroatoms. The van der Waals surface area contributed by atoms with Crippen molar-refractivity contribution in [2.75, 3.05) is 6.61 Å². The molecule has 1 aliphatic carbocycles. The van der Waals surface area contributed by atoms with Crippen LogP contribution in [0.5, 0.6) is 5.88 Å². The van der Waals surface area contributed by atoms with Crippen molar-refractivity contribution in [3.05, 3.63) is 53.5 Å². The summed E-state index contributed by atoms with van der Waals surface area (Å²) < 4.78 is 10.9. The summed E-state index contributed by atoms with van der Waals surface area (Å²) in [5, 5.41) is 4.04. The maximum Gasteiger partial charge on any atom is 0.214 e. The Morgan fingerprint density at radius 1 is 1.26 bits per heavy atom. The maximum atomic E-state index is 5.66. The molecule has 0 fully saturated rings.